The molecule has 2 aromatic heterocycles. The molecule has 0 atom stereocenters. The SMILES string of the molecule is CCc1nc2cccc(Cl)c2c(=O)n1-c1cnc(N)cc1C. The van der Waals surface area contributed by atoms with E-state index in [1.807, 2.05) is 13.8 Å². The zero-order valence-electron chi connectivity index (χ0n) is 12.3. The van der Waals surface area contributed by atoms with E-state index in [-0.39, 0.29) is 5.56 Å². The number of pyridine rings is 1. The Morgan fingerprint density at radius 1 is 1.36 bits per heavy atom. The Hall–Kier alpha value is -2.40. The van der Waals surface area contributed by atoms with Crippen molar-refractivity contribution in [2.75, 3.05) is 5.73 Å². The number of nitrogens with two attached hydrogens (primary N) is 1. The zero-order chi connectivity index (χ0) is 15.9. The highest BCUT2D eigenvalue weighted by atomic mass is 35.5. The van der Waals surface area contributed by atoms with Gasteiger partial charge in [0.25, 0.3) is 5.56 Å². The minimum Gasteiger partial charge on any atom is -0.384 e. The summed E-state index contributed by atoms with van der Waals surface area (Å²) in [7, 11) is 0. The largest absolute Gasteiger partial charge is 0.384 e. The lowest BCUT2D eigenvalue weighted by Gasteiger charge is -2.15. The molecule has 0 aliphatic rings. The van der Waals surface area contributed by atoms with Crippen LogP contribution < -0.4 is 11.3 Å². The molecular formula is C16H15ClN4O. The van der Waals surface area contributed by atoms with Crippen molar-refractivity contribution in [1.82, 2.24) is 14.5 Å². The van der Waals surface area contributed by atoms with Gasteiger partial charge in [-0.1, -0.05) is 24.6 Å². The Labute approximate surface area is 132 Å². The first-order valence-electron chi connectivity index (χ1n) is 6.95. The standard InChI is InChI=1S/C16H15ClN4O/c1-3-14-20-11-6-4-5-10(17)15(11)16(22)21(14)12-8-19-13(18)7-9(12)2/h4-8H,3H2,1-2H3,(H2,18,19). The first-order valence-corrected chi connectivity index (χ1v) is 7.33. The number of halogens is 1. The van der Waals surface area contributed by atoms with Crippen molar-refractivity contribution in [2.45, 2.75) is 20.3 Å². The molecule has 0 bridgehead atoms. The molecule has 0 spiro atoms. The molecule has 22 heavy (non-hydrogen) atoms. The summed E-state index contributed by atoms with van der Waals surface area (Å²) in [6.07, 6.45) is 2.21. The van der Waals surface area contributed by atoms with Gasteiger partial charge < -0.3 is 5.73 Å². The van der Waals surface area contributed by atoms with Crippen LogP contribution >= 0.6 is 11.6 Å². The fourth-order valence-corrected chi connectivity index (χ4v) is 2.78. The van der Waals surface area contributed by atoms with Crippen LogP contribution in [0.4, 0.5) is 5.82 Å². The quantitative estimate of drug-likeness (QED) is 0.789. The first kappa shape index (κ1) is 14.5. The fourth-order valence-electron chi connectivity index (χ4n) is 2.53. The lowest BCUT2D eigenvalue weighted by atomic mass is 10.2. The van der Waals surface area contributed by atoms with E-state index < -0.39 is 0 Å². The number of nitrogens with zero attached hydrogens (tertiary/aromatic N) is 3. The molecule has 1 aromatic carbocycles. The third kappa shape index (κ3) is 2.23. The van der Waals surface area contributed by atoms with E-state index in [1.54, 1.807) is 35.0 Å². The van der Waals surface area contributed by atoms with Crippen molar-refractivity contribution in [2.24, 2.45) is 0 Å². The number of fused-ring (bicyclic) bond motifs is 1. The van der Waals surface area contributed by atoms with Crippen LogP contribution in [0.2, 0.25) is 5.02 Å². The van der Waals surface area contributed by atoms with Gasteiger partial charge in [-0.15, -0.1) is 0 Å². The minimum absolute atomic E-state index is 0.192. The van der Waals surface area contributed by atoms with Gasteiger partial charge in [-0.25, -0.2) is 9.97 Å². The predicted octanol–water partition coefficient (Wildman–Crippen LogP) is 2.89. The number of hydrogen-bond acceptors (Lipinski definition) is 4. The molecule has 2 heterocycles. The van der Waals surface area contributed by atoms with E-state index in [9.17, 15) is 4.79 Å². The third-order valence-corrected chi connectivity index (χ3v) is 3.89. The van der Waals surface area contributed by atoms with Crippen molar-refractivity contribution in [1.29, 1.82) is 0 Å². The van der Waals surface area contributed by atoms with Crippen LogP contribution in [0.3, 0.4) is 0 Å². The van der Waals surface area contributed by atoms with Gasteiger partial charge in [-0.05, 0) is 30.7 Å². The highest BCUT2D eigenvalue weighted by Gasteiger charge is 2.15. The van der Waals surface area contributed by atoms with Crippen LogP contribution in [0.15, 0.2) is 35.3 Å². The summed E-state index contributed by atoms with van der Waals surface area (Å²) in [5.41, 5.74) is 7.63. The highest BCUT2D eigenvalue weighted by molar-refractivity contribution is 6.35. The van der Waals surface area contributed by atoms with Gasteiger partial charge >= 0.3 is 0 Å². The fraction of sp³-hybridized carbons (Fsp3) is 0.188. The summed E-state index contributed by atoms with van der Waals surface area (Å²) in [5.74, 6) is 1.08. The molecule has 0 saturated carbocycles. The molecule has 0 radical (unpaired) electrons. The molecule has 5 nitrogen and oxygen atoms in total. The topological polar surface area (TPSA) is 73.8 Å². The second-order valence-corrected chi connectivity index (χ2v) is 5.46. The average Bonchev–Trinajstić information content (AvgIpc) is 2.48. The smallest absolute Gasteiger partial charge is 0.267 e. The number of benzene rings is 1. The minimum atomic E-state index is -0.192. The number of aryl methyl sites for hydroxylation is 2. The van der Waals surface area contributed by atoms with Gasteiger partial charge in [0.05, 0.1) is 27.8 Å². The summed E-state index contributed by atoms with van der Waals surface area (Å²) in [6.45, 7) is 3.84. The van der Waals surface area contributed by atoms with Gasteiger partial charge in [0, 0.05) is 6.42 Å². The van der Waals surface area contributed by atoms with Crippen LogP contribution in [0.25, 0.3) is 16.6 Å². The van der Waals surface area contributed by atoms with Crippen LogP contribution in [0.1, 0.15) is 18.3 Å². The molecular weight excluding hydrogens is 300 g/mol. The van der Waals surface area contributed by atoms with Crippen molar-refractivity contribution in [3.8, 4) is 5.69 Å². The predicted molar refractivity (Wildman–Crippen MR) is 88.7 cm³/mol. The first-order chi connectivity index (χ1) is 10.5. The number of rotatable bonds is 2. The number of anilines is 1. The van der Waals surface area contributed by atoms with Crippen molar-refractivity contribution in [3.05, 3.63) is 57.2 Å². The van der Waals surface area contributed by atoms with Crippen molar-refractivity contribution in [3.63, 3.8) is 0 Å². The molecule has 2 N–H and O–H groups in total. The summed E-state index contributed by atoms with van der Waals surface area (Å²) in [4.78, 5) is 21.6. The summed E-state index contributed by atoms with van der Waals surface area (Å²) >= 11 is 6.19. The molecule has 0 fully saturated rings. The monoisotopic (exact) mass is 314 g/mol. The molecule has 0 unspecified atom stereocenters. The Balaban J connectivity index is 2.45. The van der Waals surface area contributed by atoms with E-state index in [0.29, 0.717) is 39.7 Å². The number of aromatic nitrogens is 3. The second kappa shape index (κ2) is 5.42. The van der Waals surface area contributed by atoms with E-state index in [4.69, 9.17) is 17.3 Å². The normalized spacial score (nSPS) is 11.0. The van der Waals surface area contributed by atoms with Gasteiger partial charge in [0.15, 0.2) is 0 Å². The Bertz CT molecular complexity index is 933. The van der Waals surface area contributed by atoms with Crippen LogP contribution in [-0.4, -0.2) is 14.5 Å². The van der Waals surface area contributed by atoms with Crippen molar-refractivity contribution >= 4 is 28.3 Å². The van der Waals surface area contributed by atoms with E-state index in [2.05, 4.69) is 9.97 Å². The van der Waals surface area contributed by atoms with E-state index in [1.165, 1.54) is 0 Å². The van der Waals surface area contributed by atoms with E-state index >= 15 is 0 Å². The average molecular weight is 315 g/mol. The maximum atomic E-state index is 12.9. The lowest BCUT2D eigenvalue weighted by Crippen LogP contribution is -2.24. The molecule has 6 heteroatoms. The van der Waals surface area contributed by atoms with Gasteiger partial charge in [0.1, 0.15) is 11.6 Å². The Morgan fingerprint density at radius 3 is 2.82 bits per heavy atom. The molecule has 3 rings (SSSR count). The zero-order valence-corrected chi connectivity index (χ0v) is 13.1. The lowest BCUT2D eigenvalue weighted by molar-refractivity contribution is 0.825. The van der Waals surface area contributed by atoms with Gasteiger partial charge in [0.2, 0.25) is 0 Å². The van der Waals surface area contributed by atoms with Crippen LogP contribution in [-0.2, 0) is 6.42 Å². The third-order valence-electron chi connectivity index (χ3n) is 3.58. The van der Waals surface area contributed by atoms with Crippen LogP contribution in [0, 0.1) is 6.92 Å². The number of hydrogen-bond donors (Lipinski definition) is 1. The summed E-state index contributed by atoms with van der Waals surface area (Å²) in [6, 6.07) is 7.01. The van der Waals surface area contributed by atoms with Crippen molar-refractivity contribution < 1.29 is 0 Å². The second-order valence-electron chi connectivity index (χ2n) is 5.05. The summed E-state index contributed by atoms with van der Waals surface area (Å²) in [5, 5.41) is 0.810. The number of nitrogen functional groups attached to an aromatic ring is 1. The highest BCUT2D eigenvalue weighted by Crippen LogP contribution is 2.21. The van der Waals surface area contributed by atoms with Crippen LogP contribution in [0.5, 0.6) is 0 Å². The summed E-state index contributed by atoms with van der Waals surface area (Å²) < 4.78 is 1.57. The molecule has 3 aromatic rings. The molecule has 112 valence electrons. The van der Waals surface area contributed by atoms with Gasteiger partial charge in [-0.3, -0.25) is 9.36 Å². The molecule has 0 saturated heterocycles. The molecule has 0 aliphatic carbocycles. The maximum absolute atomic E-state index is 12.9. The van der Waals surface area contributed by atoms with E-state index in [0.717, 1.165) is 5.56 Å². The maximum Gasteiger partial charge on any atom is 0.267 e. The van der Waals surface area contributed by atoms with Gasteiger partial charge in [-0.2, -0.15) is 0 Å². The Kier molecular flexibility index (Phi) is 3.58. The molecule has 0 amide bonds. The Morgan fingerprint density at radius 2 is 2.14 bits per heavy atom. The molecule has 0 aliphatic heterocycles.